The van der Waals surface area contributed by atoms with E-state index in [9.17, 15) is 14.7 Å². The van der Waals surface area contributed by atoms with E-state index >= 15 is 0 Å². The van der Waals surface area contributed by atoms with Crippen molar-refractivity contribution in [1.82, 2.24) is 0 Å². The normalized spacial score (nSPS) is 13.0. The molecular weight excluding hydrogens is 268 g/mol. The van der Waals surface area contributed by atoms with Crippen LogP contribution in [-0.2, 0) is 14.3 Å². The van der Waals surface area contributed by atoms with Crippen molar-refractivity contribution in [2.45, 2.75) is 77.7 Å². The van der Waals surface area contributed by atoms with E-state index in [0.717, 1.165) is 12.8 Å². The largest absolute Gasteiger partial charge is 0.466 e. The lowest BCUT2D eigenvalue weighted by Gasteiger charge is -2.10. The Morgan fingerprint density at radius 2 is 1.57 bits per heavy atom. The van der Waals surface area contributed by atoms with Gasteiger partial charge in [-0.05, 0) is 19.8 Å². The van der Waals surface area contributed by atoms with Crippen LogP contribution in [0.15, 0.2) is 11.6 Å². The van der Waals surface area contributed by atoms with Gasteiger partial charge >= 0.3 is 5.97 Å². The molecule has 0 spiro atoms. The minimum Gasteiger partial charge on any atom is -0.466 e. The van der Waals surface area contributed by atoms with Gasteiger partial charge in [0.2, 0.25) is 0 Å². The van der Waals surface area contributed by atoms with Crippen molar-refractivity contribution in [1.29, 1.82) is 0 Å². The molecule has 0 aromatic rings. The molecule has 4 heteroatoms. The molecule has 0 aliphatic carbocycles. The summed E-state index contributed by atoms with van der Waals surface area (Å²) < 4.78 is 4.60. The summed E-state index contributed by atoms with van der Waals surface area (Å²) in [4.78, 5) is 22.7. The summed E-state index contributed by atoms with van der Waals surface area (Å²) in [6.45, 7) is 3.47. The summed E-state index contributed by atoms with van der Waals surface area (Å²) in [5, 5.41) is 9.69. The third-order valence-electron chi connectivity index (χ3n) is 3.52. The molecule has 0 bridgehead atoms. The van der Waals surface area contributed by atoms with Gasteiger partial charge in [-0.3, -0.25) is 4.79 Å². The van der Waals surface area contributed by atoms with E-state index in [1.807, 2.05) is 0 Å². The van der Waals surface area contributed by atoms with Gasteiger partial charge in [-0.25, -0.2) is 4.79 Å². The topological polar surface area (TPSA) is 63.6 Å². The zero-order valence-corrected chi connectivity index (χ0v) is 13.7. The molecule has 0 unspecified atom stereocenters. The van der Waals surface area contributed by atoms with Crippen LogP contribution in [0, 0.1) is 0 Å². The van der Waals surface area contributed by atoms with E-state index < -0.39 is 17.9 Å². The monoisotopic (exact) mass is 298 g/mol. The van der Waals surface area contributed by atoms with Crippen molar-refractivity contribution in [3.05, 3.63) is 11.6 Å². The zero-order chi connectivity index (χ0) is 16.1. The zero-order valence-electron chi connectivity index (χ0n) is 13.7. The number of ketones is 1. The average molecular weight is 298 g/mol. The van der Waals surface area contributed by atoms with Gasteiger partial charge < -0.3 is 9.84 Å². The molecule has 0 fully saturated rings. The maximum atomic E-state index is 11.5. The lowest BCUT2D eigenvalue weighted by Crippen LogP contribution is -2.25. The Bertz CT molecular complexity index is 334. The number of carbonyl (C=O) groups is 2. The average Bonchev–Trinajstić information content (AvgIpc) is 2.48. The Labute approximate surface area is 128 Å². The quantitative estimate of drug-likeness (QED) is 0.340. The molecule has 0 saturated carbocycles. The van der Waals surface area contributed by atoms with Gasteiger partial charge in [-0.2, -0.15) is 0 Å². The molecule has 4 nitrogen and oxygen atoms in total. The van der Waals surface area contributed by atoms with Crippen LogP contribution < -0.4 is 0 Å². The Morgan fingerprint density at radius 3 is 2.05 bits per heavy atom. The number of esters is 1. The maximum Gasteiger partial charge on any atom is 0.336 e. The van der Waals surface area contributed by atoms with Gasteiger partial charge in [-0.1, -0.05) is 57.9 Å². The molecular formula is C17H30O4. The van der Waals surface area contributed by atoms with Gasteiger partial charge in [0.1, 0.15) is 6.10 Å². The van der Waals surface area contributed by atoms with Crippen LogP contribution in [0.2, 0.25) is 0 Å². The van der Waals surface area contributed by atoms with Gasteiger partial charge in [0.15, 0.2) is 5.78 Å². The minimum absolute atomic E-state index is 0.0629. The van der Waals surface area contributed by atoms with Crippen molar-refractivity contribution >= 4 is 11.8 Å². The van der Waals surface area contributed by atoms with E-state index in [2.05, 4.69) is 11.7 Å². The summed E-state index contributed by atoms with van der Waals surface area (Å²) >= 11 is 0. The number of rotatable bonds is 12. The number of aliphatic hydroxyl groups is 1. The van der Waals surface area contributed by atoms with E-state index in [-0.39, 0.29) is 5.57 Å². The van der Waals surface area contributed by atoms with Crippen LogP contribution in [0.4, 0.5) is 0 Å². The first-order valence-corrected chi connectivity index (χ1v) is 8.01. The summed E-state index contributed by atoms with van der Waals surface area (Å²) in [6.07, 6.45) is 10.6. The molecule has 0 aliphatic heterocycles. The summed E-state index contributed by atoms with van der Waals surface area (Å²) in [5.41, 5.74) is 0.0629. The molecule has 1 atom stereocenters. The van der Waals surface area contributed by atoms with Crippen molar-refractivity contribution in [2.75, 3.05) is 7.11 Å². The van der Waals surface area contributed by atoms with Crippen LogP contribution in [-0.4, -0.2) is 30.1 Å². The molecule has 122 valence electrons. The van der Waals surface area contributed by atoms with Gasteiger partial charge in [0, 0.05) is 0 Å². The predicted octanol–water partition coefficient (Wildman–Crippen LogP) is 3.57. The second-order valence-electron chi connectivity index (χ2n) is 5.43. The molecule has 0 amide bonds. The Hall–Kier alpha value is -1.16. The van der Waals surface area contributed by atoms with Crippen LogP contribution in [0.1, 0.15) is 71.6 Å². The highest BCUT2D eigenvalue weighted by Gasteiger charge is 2.22. The summed E-state index contributed by atoms with van der Waals surface area (Å²) in [7, 11) is 1.25. The third-order valence-corrected chi connectivity index (χ3v) is 3.52. The summed E-state index contributed by atoms with van der Waals surface area (Å²) in [5.74, 6) is -1.07. The first-order valence-electron chi connectivity index (χ1n) is 8.01. The number of hydrogen-bond acceptors (Lipinski definition) is 4. The molecule has 0 aromatic heterocycles. The van der Waals surface area contributed by atoms with E-state index in [4.69, 9.17) is 0 Å². The second kappa shape index (κ2) is 12.6. The minimum atomic E-state index is -1.37. The number of methoxy groups -OCH3 is 1. The predicted molar refractivity (Wildman–Crippen MR) is 84.0 cm³/mol. The highest BCUT2D eigenvalue weighted by atomic mass is 16.5. The lowest BCUT2D eigenvalue weighted by atomic mass is 10.0. The smallest absolute Gasteiger partial charge is 0.336 e. The third kappa shape index (κ3) is 9.40. The lowest BCUT2D eigenvalue weighted by molar-refractivity contribution is -0.139. The molecule has 0 aliphatic rings. The first kappa shape index (κ1) is 19.8. The Balaban J connectivity index is 3.99. The van der Waals surface area contributed by atoms with E-state index in [1.54, 1.807) is 6.08 Å². The number of Topliss-reactive ketones (excluding diaryl/α,β-unsaturated/α-hetero) is 1. The fourth-order valence-corrected chi connectivity index (χ4v) is 2.18. The van der Waals surface area contributed by atoms with Crippen LogP contribution >= 0.6 is 0 Å². The van der Waals surface area contributed by atoms with Crippen molar-refractivity contribution in [3.63, 3.8) is 0 Å². The Morgan fingerprint density at radius 1 is 1.05 bits per heavy atom. The SMILES string of the molecule is CCCCCCCCCC/C=C(/C(=O)OC)[C@@H](O)C(C)=O. The summed E-state index contributed by atoms with van der Waals surface area (Å²) in [6, 6.07) is 0. The van der Waals surface area contributed by atoms with Crippen LogP contribution in [0.5, 0.6) is 0 Å². The molecule has 0 saturated heterocycles. The van der Waals surface area contributed by atoms with Gasteiger partial charge in [-0.15, -0.1) is 0 Å². The van der Waals surface area contributed by atoms with Gasteiger partial charge in [0.05, 0.1) is 12.7 Å². The Kier molecular flexibility index (Phi) is 11.9. The fourth-order valence-electron chi connectivity index (χ4n) is 2.18. The highest BCUT2D eigenvalue weighted by molar-refractivity contribution is 5.98. The second-order valence-corrected chi connectivity index (χ2v) is 5.43. The first-order chi connectivity index (χ1) is 10.0. The number of unbranched alkanes of at least 4 members (excludes halogenated alkanes) is 8. The standard InChI is InChI=1S/C17H30O4/c1-4-5-6-7-8-9-10-11-12-13-15(17(20)21-3)16(19)14(2)18/h13,16,19H,4-12H2,1-3H3/b15-13+/t16-/m0/s1. The number of carbonyl (C=O) groups excluding carboxylic acids is 2. The fraction of sp³-hybridized carbons (Fsp3) is 0.765. The number of aliphatic hydroxyl groups excluding tert-OH is 1. The van der Waals surface area contributed by atoms with Crippen molar-refractivity contribution < 1.29 is 19.4 Å². The number of hydrogen-bond donors (Lipinski definition) is 1. The highest BCUT2D eigenvalue weighted by Crippen LogP contribution is 2.13. The van der Waals surface area contributed by atoms with Gasteiger partial charge in [0.25, 0.3) is 0 Å². The molecule has 1 N–H and O–H groups in total. The van der Waals surface area contributed by atoms with Crippen LogP contribution in [0.25, 0.3) is 0 Å². The molecule has 0 radical (unpaired) electrons. The van der Waals surface area contributed by atoms with E-state index in [0.29, 0.717) is 6.42 Å². The van der Waals surface area contributed by atoms with E-state index in [1.165, 1.54) is 52.6 Å². The molecule has 21 heavy (non-hydrogen) atoms. The van der Waals surface area contributed by atoms with Crippen LogP contribution in [0.3, 0.4) is 0 Å². The number of allylic oxidation sites excluding steroid dienone is 1. The number of ether oxygens (including phenoxy) is 1. The maximum absolute atomic E-state index is 11.5. The van der Waals surface area contributed by atoms with Crippen molar-refractivity contribution in [2.24, 2.45) is 0 Å². The van der Waals surface area contributed by atoms with Crippen molar-refractivity contribution in [3.8, 4) is 0 Å². The molecule has 0 rings (SSSR count). The molecule has 0 aromatic carbocycles. The molecule has 0 heterocycles.